The zero-order valence-electron chi connectivity index (χ0n) is 12.9. The second kappa shape index (κ2) is 9.28. The number of rotatable bonds is 8. The molecule has 6 nitrogen and oxygen atoms in total. The summed E-state index contributed by atoms with van der Waals surface area (Å²) in [6.45, 7) is 12.4. The van der Waals surface area contributed by atoms with Crippen LogP contribution in [0.5, 0.6) is 0 Å². The Labute approximate surface area is 121 Å². The quantitative estimate of drug-likeness (QED) is 0.511. The summed E-state index contributed by atoms with van der Waals surface area (Å²) < 4.78 is 15.8. The Morgan fingerprint density at radius 3 is 2.40 bits per heavy atom. The van der Waals surface area contributed by atoms with Gasteiger partial charge in [0, 0.05) is 32.7 Å². The summed E-state index contributed by atoms with van der Waals surface area (Å²) in [6.07, 6.45) is 0. The average Bonchev–Trinajstić information content (AvgIpc) is 2.37. The van der Waals surface area contributed by atoms with Crippen LogP contribution in [0.15, 0.2) is 0 Å². The van der Waals surface area contributed by atoms with Crippen molar-refractivity contribution in [2.45, 2.75) is 26.4 Å². The highest BCUT2D eigenvalue weighted by Gasteiger charge is 2.15. The summed E-state index contributed by atoms with van der Waals surface area (Å²) >= 11 is 0. The second-order valence-electron chi connectivity index (χ2n) is 5.84. The van der Waals surface area contributed by atoms with Crippen molar-refractivity contribution in [2.24, 2.45) is 0 Å². The predicted molar refractivity (Wildman–Crippen MR) is 76.8 cm³/mol. The first-order chi connectivity index (χ1) is 9.47. The van der Waals surface area contributed by atoms with Crippen molar-refractivity contribution in [3.8, 4) is 0 Å². The molecule has 0 radical (unpaired) electrons. The van der Waals surface area contributed by atoms with Crippen LogP contribution in [0.2, 0.25) is 0 Å². The van der Waals surface area contributed by atoms with Gasteiger partial charge in [-0.05, 0) is 20.8 Å². The van der Waals surface area contributed by atoms with Crippen molar-refractivity contribution in [1.82, 2.24) is 10.2 Å². The number of ether oxygens (including phenoxy) is 3. The Hall–Kier alpha value is -0.690. The number of esters is 1. The van der Waals surface area contributed by atoms with Crippen LogP contribution in [0.4, 0.5) is 0 Å². The van der Waals surface area contributed by atoms with Gasteiger partial charge in [0.2, 0.25) is 0 Å². The smallest absolute Gasteiger partial charge is 0.332 e. The standard InChI is InChI=1S/C14H28N2O4/c1-14(2,3)20-13(17)12-19-11-10-18-9-8-16-6-4-15-5-7-16/h15H,4-12H2,1-3H3. The summed E-state index contributed by atoms with van der Waals surface area (Å²) in [5.74, 6) is -0.335. The molecule has 0 aromatic heterocycles. The van der Waals surface area contributed by atoms with Crippen LogP contribution in [0.1, 0.15) is 20.8 Å². The maximum absolute atomic E-state index is 11.4. The molecule has 1 fully saturated rings. The van der Waals surface area contributed by atoms with Crippen molar-refractivity contribution in [2.75, 3.05) is 59.2 Å². The third-order valence-electron chi connectivity index (χ3n) is 2.77. The normalized spacial score (nSPS) is 17.1. The van der Waals surface area contributed by atoms with Gasteiger partial charge in [-0.15, -0.1) is 0 Å². The van der Waals surface area contributed by atoms with Crippen LogP contribution in [0.25, 0.3) is 0 Å². The van der Waals surface area contributed by atoms with E-state index in [1.54, 1.807) is 0 Å². The predicted octanol–water partition coefficient (Wildman–Crippen LogP) is 0.267. The van der Waals surface area contributed by atoms with Crippen LogP contribution in [-0.2, 0) is 19.0 Å². The molecular formula is C14H28N2O4. The number of carbonyl (C=O) groups is 1. The molecule has 118 valence electrons. The molecule has 0 bridgehead atoms. The van der Waals surface area contributed by atoms with Gasteiger partial charge in [0.15, 0.2) is 0 Å². The van der Waals surface area contributed by atoms with Gasteiger partial charge < -0.3 is 19.5 Å². The lowest BCUT2D eigenvalue weighted by molar-refractivity contribution is -0.160. The molecule has 0 unspecified atom stereocenters. The zero-order chi connectivity index (χ0) is 14.8. The molecule has 0 saturated carbocycles. The molecule has 1 N–H and O–H groups in total. The molecule has 0 aromatic rings. The first-order valence-electron chi connectivity index (χ1n) is 7.28. The summed E-state index contributed by atoms with van der Waals surface area (Å²) in [5, 5.41) is 3.31. The van der Waals surface area contributed by atoms with Gasteiger partial charge in [-0.25, -0.2) is 4.79 Å². The molecule has 1 aliphatic heterocycles. The fourth-order valence-corrected chi connectivity index (χ4v) is 1.87. The lowest BCUT2D eigenvalue weighted by Crippen LogP contribution is -2.44. The molecular weight excluding hydrogens is 260 g/mol. The van der Waals surface area contributed by atoms with E-state index < -0.39 is 5.60 Å². The van der Waals surface area contributed by atoms with E-state index in [2.05, 4.69) is 10.2 Å². The maximum Gasteiger partial charge on any atom is 0.332 e. The van der Waals surface area contributed by atoms with Gasteiger partial charge in [-0.2, -0.15) is 0 Å². The van der Waals surface area contributed by atoms with Crippen molar-refractivity contribution in [3.05, 3.63) is 0 Å². The molecule has 0 atom stereocenters. The van der Waals surface area contributed by atoms with Gasteiger partial charge >= 0.3 is 5.97 Å². The van der Waals surface area contributed by atoms with Crippen LogP contribution in [0.3, 0.4) is 0 Å². The van der Waals surface area contributed by atoms with E-state index in [1.165, 1.54) is 0 Å². The van der Waals surface area contributed by atoms with Crippen LogP contribution in [0, 0.1) is 0 Å². The minimum atomic E-state index is -0.458. The Morgan fingerprint density at radius 2 is 1.75 bits per heavy atom. The van der Waals surface area contributed by atoms with E-state index >= 15 is 0 Å². The lowest BCUT2D eigenvalue weighted by Gasteiger charge is -2.26. The Balaban J connectivity index is 1.88. The topological polar surface area (TPSA) is 60.0 Å². The molecule has 1 aliphatic rings. The van der Waals surface area contributed by atoms with Gasteiger partial charge in [0.05, 0.1) is 19.8 Å². The van der Waals surface area contributed by atoms with Crippen LogP contribution < -0.4 is 5.32 Å². The highest BCUT2D eigenvalue weighted by molar-refractivity contribution is 5.71. The van der Waals surface area contributed by atoms with Crippen LogP contribution in [-0.4, -0.2) is 75.6 Å². The second-order valence-corrected chi connectivity index (χ2v) is 5.84. The Kier molecular flexibility index (Phi) is 8.06. The molecule has 20 heavy (non-hydrogen) atoms. The van der Waals surface area contributed by atoms with Gasteiger partial charge in [0.1, 0.15) is 12.2 Å². The molecule has 0 amide bonds. The van der Waals surface area contributed by atoms with Gasteiger partial charge in [-0.1, -0.05) is 0 Å². The van der Waals surface area contributed by atoms with Crippen LogP contribution >= 0.6 is 0 Å². The molecule has 6 heteroatoms. The van der Waals surface area contributed by atoms with Gasteiger partial charge in [0.25, 0.3) is 0 Å². The Morgan fingerprint density at radius 1 is 1.10 bits per heavy atom. The minimum Gasteiger partial charge on any atom is -0.458 e. The van der Waals surface area contributed by atoms with Gasteiger partial charge in [-0.3, -0.25) is 4.90 Å². The van der Waals surface area contributed by atoms with E-state index in [1.807, 2.05) is 20.8 Å². The van der Waals surface area contributed by atoms with E-state index in [9.17, 15) is 4.79 Å². The SMILES string of the molecule is CC(C)(C)OC(=O)COCCOCCN1CCNCC1. The summed E-state index contributed by atoms with van der Waals surface area (Å²) in [7, 11) is 0. The lowest BCUT2D eigenvalue weighted by atomic mass is 10.2. The molecule has 1 heterocycles. The third kappa shape index (κ3) is 9.25. The molecule has 0 aromatic carbocycles. The number of hydrogen-bond donors (Lipinski definition) is 1. The van der Waals surface area contributed by atoms with E-state index in [0.717, 1.165) is 32.7 Å². The molecule has 1 saturated heterocycles. The third-order valence-corrected chi connectivity index (χ3v) is 2.77. The highest BCUT2D eigenvalue weighted by atomic mass is 16.6. The highest BCUT2D eigenvalue weighted by Crippen LogP contribution is 2.06. The first kappa shape index (κ1) is 17.4. The number of piperazine rings is 1. The zero-order valence-corrected chi connectivity index (χ0v) is 12.9. The van der Waals surface area contributed by atoms with Crippen molar-refractivity contribution >= 4 is 5.97 Å². The fraction of sp³-hybridized carbons (Fsp3) is 0.929. The van der Waals surface area contributed by atoms with Crippen molar-refractivity contribution < 1.29 is 19.0 Å². The largest absolute Gasteiger partial charge is 0.458 e. The monoisotopic (exact) mass is 288 g/mol. The average molecular weight is 288 g/mol. The number of carbonyl (C=O) groups excluding carboxylic acids is 1. The number of hydrogen-bond acceptors (Lipinski definition) is 6. The molecule has 0 spiro atoms. The van der Waals surface area contributed by atoms with Crippen molar-refractivity contribution in [3.63, 3.8) is 0 Å². The number of nitrogens with zero attached hydrogens (tertiary/aromatic N) is 1. The minimum absolute atomic E-state index is 0.0155. The summed E-state index contributed by atoms with van der Waals surface area (Å²) in [4.78, 5) is 13.7. The molecule has 1 rings (SSSR count). The number of nitrogens with one attached hydrogen (secondary N) is 1. The van der Waals surface area contributed by atoms with E-state index in [-0.39, 0.29) is 12.6 Å². The van der Waals surface area contributed by atoms with E-state index in [0.29, 0.717) is 19.8 Å². The maximum atomic E-state index is 11.4. The van der Waals surface area contributed by atoms with Crippen molar-refractivity contribution in [1.29, 1.82) is 0 Å². The molecule has 0 aliphatic carbocycles. The summed E-state index contributed by atoms with van der Waals surface area (Å²) in [6, 6.07) is 0. The fourth-order valence-electron chi connectivity index (χ4n) is 1.87. The first-order valence-corrected chi connectivity index (χ1v) is 7.28. The summed E-state index contributed by atoms with van der Waals surface area (Å²) in [5.41, 5.74) is -0.458. The Bertz CT molecular complexity index is 273. The van der Waals surface area contributed by atoms with E-state index in [4.69, 9.17) is 14.2 Å².